The van der Waals surface area contributed by atoms with Gasteiger partial charge in [-0.1, -0.05) is 11.6 Å². The standard InChI is InChI=1S/C12H10ClN3O2S/c13-9-1-3-11(16(17)18)8(5-9)7-19-10-2-4-12(14)15-6-10/h1-6H,7H2,(H2,14,15). The van der Waals surface area contributed by atoms with Crippen LogP contribution in [0.15, 0.2) is 41.4 Å². The Labute approximate surface area is 118 Å². The fourth-order valence-corrected chi connectivity index (χ4v) is 2.53. The average Bonchev–Trinajstić information content (AvgIpc) is 2.38. The number of nitrogen functional groups attached to an aromatic ring is 1. The van der Waals surface area contributed by atoms with Gasteiger partial charge in [0.1, 0.15) is 5.82 Å². The molecule has 0 aliphatic carbocycles. The van der Waals surface area contributed by atoms with Gasteiger partial charge in [-0.25, -0.2) is 4.98 Å². The smallest absolute Gasteiger partial charge is 0.273 e. The molecular formula is C12H10ClN3O2S. The van der Waals surface area contributed by atoms with Gasteiger partial charge in [-0.15, -0.1) is 11.8 Å². The highest BCUT2D eigenvalue weighted by Gasteiger charge is 2.14. The predicted molar refractivity (Wildman–Crippen MR) is 76.3 cm³/mol. The second-order valence-corrected chi connectivity index (χ2v) is 5.22. The lowest BCUT2D eigenvalue weighted by molar-refractivity contribution is -0.385. The van der Waals surface area contributed by atoms with E-state index in [9.17, 15) is 10.1 Å². The third kappa shape index (κ3) is 3.59. The zero-order valence-electron chi connectivity index (χ0n) is 9.75. The van der Waals surface area contributed by atoms with Crippen LogP contribution >= 0.6 is 23.4 Å². The molecule has 1 heterocycles. The van der Waals surface area contributed by atoms with Crippen LogP contribution in [-0.2, 0) is 5.75 Å². The molecule has 2 N–H and O–H groups in total. The monoisotopic (exact) mass is 295 g/mol. The summed E-state index contributed by atoms with van der Waals surface area (Å²) in [5, 5.41) is 11.4. The molecule has 0 amide bonds. The Bertz CT molecular complexity index is 604. The number of anilines is 1. The van der Waals surface area contributed by atoms with Gasteiger partial charge in [-0.05, 0) is 24.3 Å². The Balaban J connectivity index is 2.16. The molecular weight excluding hydrogens is 286 g/mol. The molecule has 1 aromatic carbocycles. The van der Waals surface area contributed by atoms with E-state index in [1.807, 2.05) is 6.07 Å². The van der Waals surface area contributed by atoms with Crippen LogP contribution < -0.4 is 5.73 Å². The van der Waals surface area contributed by atoms with Crippen molar-refractivity contribution < 1.29 is 4.92 Å². The minimum atomic E-state index is -0.409. The van der Waals surface area contributed by atoms with Crippen LogP contribution in [0.3, 0.4) is 0 Å². The lowest BCUT2D eigenvalue weighted by atomic mass is 10.2. The van der Waals surface area contributed by atoms with Gasteiger partial charge in [0.05, 0.1) is 4.92 Å². The minimum absolute atomic E-state index is 0.0697. The number of halogens is 1. The zero-order chi connectivity index (χ0) is 13.8. The van der Waals surface area contributed by atoms with Crippen molar-refractivity contribution in [2.75, 3.05) is 5.73 Å². The van der Waals surface area contributed by atoms with E-state index in [0.29, 0.717) is 22.2 Å². The number of nitro groups is 1. The molecule has 0 spiro atoms. The van der Waals surface area contributed by atoms with Crippen LogP contribution in [0.1, 0.15) is 5.56 Å². The average molecular weight is 296 g/mol. The summed E-state index contributed by atoms with van der Waals surface area (Å²) in [6, 6.07) is 8.05. The Kier molecular flexibility index (Phi) is 4.24. The summed E-state index contributed by atoms with van der Waals surface area (Å²) in [4.78, 5) is 15.4. The summed E-state index contributed by atoms with van der Waals surface area (Å²) in [5.74, 6) is 0.890. The molecule has 0 unspecified atom stereocenters. The molecule has 0 aliphatic heterocycles. The van der Waals surface area contributed by atoms with Crippen molar-refractivity contribution in [2.45, 2.75) is 10.6 Å². The van der Waals surface area contributed by atoms with Crippen molar-refractivity contribution in [3.8, 4) is 0 Å². The molecule has 19 heavy (non-hydrogen) atoms. The first-order chi connectivity index (χ1) is 9.06. The quantitative estimate of drug-likeness (QED) is 0.530. The summed E-state index contributed by atoms with van der Waals surface area (Å²) >= 11 is 7.30. The number of aromatic nitrogens is 1. The topological polar surface area (TPSA) is 82.0 Å². The fraction of sp³-hybridized carbons (Fsp3) is 0.0833. The number of nitrogens with two attached hydrogens (primary N) is 1. The Hall–Kier alpha value is -1.79. The van der Waals surface area contributed by atoms with Gasteiger partial charge in [0.25, 0.3) is 5.69 Å². The van der Waals surface area contributed by atoms with Gasteiger partial charge in [0.2, 0.25) is 0 Å². The highest BCUT2D eigenvalue weighted by Crippen LogP contribution is 2.29. The van der Waals surface area contributed by atoms with Crippen molar-refractivity contribution in [3.63, 3.8) is 0 Å². The molecule has 98 valence electrons. The zero-order valence-corrected chi connectivity index (χ0v) is 11.3. The van der Waals surface area contributed by atoms with Gasteiger partial charge >= 0.3 is 0 Å². The lowest BCUT2D eigenvalue weighted by Gasteiger charge is -2.04. The number of hydrogen-bond acceptors (Lipinski definition) is 5. The lowest BCUT2D eigenvalue weighted by Crippen LogP contribution is -1.94. The molecule has 0 fully saturated rings. The van der Waals surface area contributed by atoms with Crippen LogP contribution in [-0.4, -0.2) is 9.91 Å². The minimum Gasteiger partial charge on any atom is -0.384 e. The summed E-state index contributed by atoms with van der Waals surface area (Å²) in [6.45, 7) is 0. The first kappa shape index (κ1) is 13.6. The van der Waals surface area contributed by atoms with Crippen LogP contribution in [0, 0.1) is 10.1 Å². The highest BCUT2D eigenvalue weighted by atomic mass is 35.5. The first-order valence-corrected chi connectivity index (χ1v) is 6.70. The van der Waals surface area contributed by atoms with Gasteiger partial charge < -0.3 is 5.73 Å². The maximum absolute atomic E-state index is 10.9. The van der Waals surface area contributed by atoms with Gasteiger partial charge in [-0.2, -0.15) is 0 Å². The number of pyridine rings is 1. The van der Waals surface area contributed by atoms with Gasteiger partial charge in [0.15, 0.2) is 0 Å². The summed E-state index contributed by atoms with van der Waals surface area (Å²) in [5.41, 5.74) is 6.14. The van der Waals surface area contributed by atoms with Gasteiger partial charge in [-0.3, -0.25) is 10.1 Å². The Morgan fingerprint density at radius 3 is 2.79 bits per heavy atom. The third-order valence-corrected chi connectivity index (χ3v) is 3.66. The van der Waals surface area contributed by atoms with Crippen molar-refractivity contribution in [1.82, 2.24) is 4.98 Å². The summed E-state index contributed by atoms with van der Waals surface area (Å²) in [7, 11) is 0. The van der Waals surface area contributed by atoms with Crippen LogP contribution in [0.25, 0.3) is 0 Å². The van der Waals surface area contributed by atoms with E-state index in [2.05, 4.69) is 4.98 Å². The second-order valence-electron chi connectivity index (χ2n) is 3.74. The van der Waals surface area contributed by atoms with E-state index >= 15 is 0 Å². The summed E-state index contributed by atoms with van der Waals surface area (Å²) in [6.07, 6.45) is 1.64. The summed E-state index contributed by atoms with van der Waals surface area (Å²) < 4.78 is 0. The Morgan fingerprint density at radius 2 is 2.16 bits per heavy atom. The van der Waals surface area contributed by atoms with Crippen LogP contribution in [0.4, 0.5) is 11.5 Å². The van der Waals surface area contributed by atoms with Crippen molar-refractivity contribution in [1.29, 1.82) is 0 Å². The van der Waals surface area contributed by atoms with E-state index in [1.165, 1.54) is 23.9 Å². The highest BCUT2D eigenvalue weighted by molar-refractivity contribution is 7.98. The van der Waals surface area contributed by atoms with Gasteiger partial charge in [0, 0.05) is 33.5 Å². The number of benzene rings is 1. The number of thioether (sulfide) groups is 1. The van der Waals surface area contributed by atoms with Crippen molar-refractivity contribution in [2.24, 2.45) is 0 Å². The number of nitro benzene ring substituents is 1. The van der Waals surface area contributed by atoms with E-state index in [4.69, 9.17) is 17.3 Å². The molecule has 5 nitrogen and oxygen atoms in total. The molecule has 0 atom stereocenters. The fourth-order valence-electron chi connectivity index (χ4n) is 1.49. The molecule has 0 saturated heterocycles. The SMILES string of the molecule is Nc1ccc(SCc2cc(Cl)ccc2[N+](=O)[O-])cn1. The Morgan fingerprint density at radius 1 is 1.37 bits per heavy atom. The number of hydrogen-bond donors (Lipinski definition) is 1. The molecule has 0 bridgehead atoms. The molecule has 0 radical (unpaired) electrons. The molecule has 2 rings (SSSR count). The molecule has 0 saturated carbocycles. The molecule has 7 heteroatoms. The van der Waals surface area contributed by atoms with Crippen molar-refractivity contribution >= 4 is 34.9 Å². The molecule has 1 aromatic heterocycles. The predicted octanol–water partition coefficient (Wildman–Crippen LogP) is 3.52. The van der Waals surface area contributed by atoms with Crippen LogP contribution in [0.2, 0.25) is 5.02 Å². The third-order valence-electron chi connectivity index (χ3n) is 2.39. The molecule has 0 aliphatic rings. The number of rotatable bonds is 4. The number of nitrogens with zero attached hydrogens (tertiary/aromatic N) is 2. The van der Waals surface area contributed by atoms with E-state index in [-0.39, 0.29) is 5.69 Å². The second kappa shape index (κ2) is 5.90. The van der Waals surface area contributed by atoms with E-state index in [0.717, 1.165) is 4.90 Å². The largest absolute Gasteiger partial charge is 0.384 e. The van der Waals surface area contributed by atoms with E-state index < -0.39 is 4.92 Å². The first-order valence-electron chi connectivity index (χ1n) is 5.33. The molecule has 2 aromatic rings. The normalized spacial score (nSPS) is 10.4. The maximum atomic E-state index is 10.9. The maximum Gasteiger partial charge on any atom is 0.273 e. The van der Waals surface area contributed by atoms with Crippen LogP contribution in [0.5, 0.6) is 0 Å². The van der Waals surface area contributed by atoms with Crippen molar-refractivity contribution in [3.05, 3.63) is 57.2 Å². The van der Waals surface area contributed by atoms with E-state index in [1.54, 1.807) is 18.3 Å².